The Hall–Kier alpha value is -16.1. The number of anilines is 6. The molecule has 0 bridgehead atoms. The van der Waals surface area contributed by atoms with E-state index in [9.17, 15) is 0 Å². The Bertz CT molecular complexity index is 7510. The van der Waals surface area contributed by atoms with E-state index >= 15 is 0 Å². The highest BCUT2D eigenvalue weighted by atomic mass is 15.1. The molecule has 4 heteroatoms. The van der Waals surface area contributed by atoms with Gasteiger partial charge in [-0.3, -0.25) is 0 Å². The van der Waals surface area contributed by atoms with Crippen LogP contribution in [0, 0.1) is 0 Å². The molecule has 0 aliphatic carbocycles. The molecule has 122 heavy (non-hydrogen) atoms. The van der Waals surface area contributed by atoms with Crippen LogP contribution in [0.1, 0.15) is 0 Å². The third-order valence-electron chi connectivity index (χ3n) is 24.4. The molecule has 572 valence electrons. The quantitative estimate of drug-likeness (QED) is 0.102. The molecular formula is C118H80N4. The van der Waals surface area contributed by atoms with E-state index in [2.05, 4.69) is 504 Å². The van der Waals surface area contributed by atoms with Gasteiger partial charge in [-0.1, -0.05) is 358 Å². The van der Waals surface area contributed by atoms with Crippen LogP contribution in [0.2, 0.25) is 0 Å². The molecular weight excluding hydrogens is 1470 g/mol. The molecule has 0 aliphatic heterocycles. The number of fused-ring (bicyclic) bond motifs is 10. The van der Waals surface area contributed by atoms with Gasteiger partial charge in [-0.2, -0.15) is 0 Å². The van der Waals surface area contributed by atoms with Gasteiger partial charge in [-0.15, -0.1) is 0 Å². The molecule has 4 nitrogen and oxygen atoms in total. The Balaban J connectivity index is 0.000000146. The summed E-state index contributed by atoms with van der Waals surface area (Å²) in [6, 6.07) is 176. The van der Waals surface area contributed by atoms with Crippen molar-refractivity contribution in [1.29, 1.82) is 0 Å². The lowest BCUT2D eigenvalue weighted by molar-refractivity contribution is 1.17. The zero-order valence-corrected chi connectivity index (χ0v) is 67.0. The van der Waals surface area contributed by atoms with Gasteiger partial charge in [0.05, 0.1) is 22.1 Å². The van der Waals surface area contributed by atoms with Crippen LogP contribution in [0.3, 0.4) is 0 Å². The van der Waals surface area contributed by atoms with Crippen molar-refractivity contribution in [2.75, 3.05) is 9.80 Å². The van der Waals surface area contributed by atoms with Crippen LogP contribution in [0.4, 0.5) is 34.1 Å². The van der Waals surface area contributed by atoms with Gasteiger partial charge in [-0.05, 0) is 248 Å². The molecule has 0 saturated heterocycles. The zero-order valence-electron chi connectivity index (χ0n) is 67.0. The van der Waals surface area contributed by atoms with Gasteiger partial charge in [-0.25, -0.2) is 0 Å². The monoisotopic (exact) mass is 1550 g/mol. The minimum absolute atomic E-state index is 1.09. The molecule has 2 aromatic heterocycles. The predicted molar refractivity (Wildman–Crippen MR) is 519 cm³/mol. The van der Waals surface area contributed by atoms with Crippen molar-refractivity contribution >= 4 is 121 Å². The summed E-state index contributed by atoms with van der Waals surface area (Å²) in [6.07, 6.45) is 0. The Morgan fingerprint density at radius 1 is 0.131 bits per heavy atom. The molecule has 0 N–H and O–H groups in total. The van der Waals surface area contributed by atoms with Gasteiger partial charge in [0.1, 0.15) is 0 Å². The molecule has 0 amide bonds. The number of hydrogen-bond donors (Lipinski definition) is 0. The summed E-state index contributed by atoms with van der Waals surface area (Å²) in [5.41, 5.74) is 30.6. The molecule has 2 heterocycles. The first kappa shape index (κ1) is 72.3. The predicted octanol–water partition coefficient (Wildman–Crippen LogP) is 32.8. The lowest BCUT2D eigenvalue weighted by atomic mass is 9.96. The standard InChI is InChI=1S/C62H42N2.C56H38N2/c1-3-15-55-47(11-1)13-9-19-57(55)49-27-23-43(24-28-49)45-31-35-51(36-32-45)63(53-39-41-54(42-40-53)64-61-21-7-5-17-59(61)60-18-6-8-22-62(60)64)52-37-33-46(34-38-52)44-25-29-50(30-26-44)58-20-10-14-48-12-2-4-16-56(48)58;1-2-12-45-38-46(25-24-39(45)10-1)42-22-20-40(21-23-42)41-26-30-47(31-27-41)57(48-32-28-44(29-33-48)52-17-9-13-43-11-3-4-14-51(43)52)49-34-36-50(37-35-49)58-55-18-7-5-15-53(55)54-16-6-8-19-56(54)58/h1-42H;1-38H. The van der Waals surface area contributed by atoms with E-state index in [1.807, 2.05) is 0 Å². The fourth-order valence-electron chi connectivity index (χ4n) is 18.3. The number of nitrogens with zero attached hydrogens (tertiary/aromatic N) is 4. The van der Waals surface area contributed by atoms with Crippen molar-refractivity contribution in [2.45, 2.75) is 0 Å². The molecule has 23 rings (SSSR count). The average Bonchev–Trinajstić information content (AvgIpc) is 1.60. The van der Waals surface area contributed by atoms with Crippen LogP contribution in [-0.2, 0) is 0 Å². The molecule has 0 spiro atoms. The second-order valence-electron chi connectivity index (χ2n) is 31.5. The van der Waals surface area contributed by atoms with E-state index in [-0.39, 0.29) is 0 Å². The Kier molecular flexibility index (Phi) is 18.6. The molecule has 0 fully saturated rings. The summed E-state index contributed by atoms with van der Waals surface area (Å²) in [6.45, 7) is 0. The molecule has 0 atom stereocenters. The van der Waals surface area contributed by atoms with Crippen LogP contribution in [0.15, 0.2) is 485 Å². The topological polar surface area (TPSA) is 16.3 Å². The maximum atomic E-state index is 2.37. The number of para-hydroxylation sites is 4. The van der Waals surface area contributed by atoms with Gasteiger partial charge >= 0.3 is 0 Å². The summed E-state index contributed by atoms with van der Waals surface area (Å²) < 4.78 is 4.75. The molecule has 21 aromatic carbocycles. The first-order valence-electron chi connectivity index (χ1n) is 41.9. The van der Waals surface area contributed by atoms with Crippen molar-refractivity contribution in [1.82, 2.24) is 9.13 Å². The summed E-state index contributed by atoms with van der Waals surface area (Å²) in [5.74, 6) is 0. The second kappa shape index (κ2) is 31.4. The number of benzene rings is 21. The molecule has 0 radical (unpaired) electrons. The first-order chi connectivity index (χ1) is 60.5. The summed E-state index contributed by atoms with van der Waals surface area (Å²) in [5, 5.41) is 15.1. The Morgan fingerprint density at radius 3 is 0.639 bits per heavy atom. The lowest BCUT2D eigenvalue weighted by Crippen LogP contribution is -2.10. The van der Waals surface area contributed by atoms with Gasteiger partial charge in [0.25, 0.3) is 0 Å². The average molecular weight is 1550 g/mol. The van der Waals surface area contributed by atoms with E-state index in [4.69, 9.17) is 0 Å². The Morgan fingerprint density at radius 2 is 0.336 bits per heavy atom. The van der Waals surface area contributed by atoms with Gasteiger partial charge < -0.3 is 18.9 Å². The maximum Gasteiger partial charge on any atom is 0.0541 e. The van der Waals surface area contributed by atoms with Crippen molar-refractivity contribution in [3.05, 3.63) is 485 Å². The number of rotatable bonds is 15. The second-order valence-corrected chi connectivity index (χ2v) is 31.5. The molecule has 0 unspecified atom stereocenters. The maximum absolute atomic E-state index is 2.37. The van der Waals surface area contributed by atoms with E-state index in [0.29, 0.717) is 0 Å². The van der Waals surface area contributed by atoms with Gasteiger partial charge in [0, 0.05) is 67.0 Å². The van der Waals surface area contributed by atoms with E-state index in [0.717, 1.165) is 45.5 Å². The highest BCUT2D eigenvalue weighted by Gasteiger charge is 2.21. The third-order valence-corrected chi connectivity index (χ3v) is 24.4. The smallest absolute Gasteiger partial charge is 0.0541 e. The summed E-state index contributed by atoms with van der Waals surface area (Å²) >= 11 is 0. The minimum atomic E-state index is 1.09. The number of aromatic nitrogens is 2. The number of hydrogen-bond acceptors (Lipinski definition) is 2. The van der Waals surface area contributed by atoms with Crippen LogP contribution >= 0.6 is 0 Å². The summed E-state index contributed by atoms with van der Waals surface area (Å²) in [4.78, 5) is 4.71. The van der Waals surface area contributed by atoms with Crippen LogP contribution in [0.5, 0.6) is 0 Å². The Labute approximate surface area is 709 Å². The van der Waals surface area contributed by atoms with E-state index in [1.54, 1.807) is 0 Å². The summed E-state index contributed by atoms with van der Waals surface area (Å²) in [7, 11) is 0. The van der Waals surface area contributed by atoms with Crippen LogP contribution in [-0.4, -0.2) is 9.13 Å². The largest absolute Gasteiger partial charge is 0.311 e. The van der Waals surface area contributed by atoms with Gasteiger partial charge in [0.2, 0.25) is 0 Å². The lowest BCUT2D eigenvalue weighted by Gasteiger charge is -2.26. The van der Waals surface area contributed by atoms with Crippen LogP contribution in [0.25, 0.3) is 176 Å². The van der Waals surface area contributed by atoms with Crippen molar-refractivity contribution in [2.24, 2.45) is 0 Å². The van der Waals surface area contributed by atoms with Crippen LogP contribution < -0.4 is 9.80 Å². The van der Waals surface area contributed by atoms with Crippen molar-refractivity contribution < 1.29 is 0 Å². The highest BCUT2D eigenvalue weighted by molar-refractivity contribution is 6.11. The molecule has 0 saturated carbocycles. The SMILES string of the molecule is c1ccc2c(-c3ccc(-c4ccc(N(c5ccc(-c6ccc(-c7cccc8ccccc78)cc6)cc5)c5ccc(-n6c7ccccc7c7ccccc76)cc5)cc4)cc3)cccc2c1.c1ccc2cc(-c3ccc(-c4ccc(N(c5ccc(-c6cccc7ccccc67)cc5)c5ccc(-n6c7ccccc7c7ccccc76)cc5)cc4)cc3)ccc2c1. The molecule has 23 aromatic rings. The third kappa shape index (κ3) is 13.5. The molecule has 0 aliphatic rings. The first-order valence-corrected chi connectivity index (χ1v) is 41.9. The fourth-order valence-corrected chi connectivity index (χ4v) is 18.3. The van der Waals surface area contributed by atoms with Crippen molar-refractivity contribution in [3.8, 4) is 89.3 Å². The minimum Gasteiger partial charge on any atom is -0.311 e. The van der Waals surface area contributed by atoms with E-state index < -0.39 is 0 Å². The van der Waals surface area contributed by atoms with Gasteiger partial charge in [0.15, 0.2) is 0 Å². The fraction of sp³-hybridized carbons (Fsp3) is 0. The van der Waals surface area contributed by atoms with Crippen molar-refractivity contribution in [3.63, 3.8) is 0 Å². The normalized spacial score (nSPS) is 11.4. The highest BCUT2D eigenvalue weighted by Crippen LogP contribution is 2.44. The zero-order chi connectivity index (χ0) is 80.8. The van der Waals surface area contributed by atoms with E-state index in [1.165, 1.54) is 165 Å².